The molecule has 5 heteroatoms. The smallest absolute Gasteiger partial charge is 0.108 e. The highest BCUT2D eigenvalue weighted by molar-refractivity contribution is 6.30. The molecule has 4 nitrogen and oxygen atoms in total. The number of nitrogens with zero attached hydrogens (tertiary/aromatic N) is 4. The molecule has 0 aliphatic carbocycles. The summed E-state index contributed by atoms with van der Waals surface area (Å²) in [5.74, 6) is 1.04. The zero-order chi connectivity index (χ0) is 10.7. The minimum Gasteiger partial charge on any atom is -0.329 e. The standard InChI is InChI=1S/C10H11ClN4/c1-2-10-12-3-4-15(10)7-9-5-8(11)6-13-14-9/h3-6H,2,7H2,1H3. The summed E-state index contributed by atoms with van der Waals surface area (Å²) in [6.45, 7) is 2.74. The topological polar surface area (TPSA) is 43.6 Å². The largest absolute Gasteiger partial charge is 0.329 e. The van der Waals surface area contributed by atoms with Crippen molar-refractivity contribution in [1.29, 1.82) is 0 Å². The highest BCUT2D eigenvalue weighted by Gasteiger charge is 2.02. The summed E-state index contributed by atoms with van der Waals surface area (Å²) < 4.78 is 2.04. The predicted octanol–water partition coefficient (Wildman–Crippen LogP) is 1.94. The molecule has 0 radical (unpaired) electrons. The highest BCUT2D eigenvalue weighted by atomic mass is 35.5. The molecule has 0 saturated heterocycles. The Kier molecular flexibility index (Phi) is 2.97. The van der Waals surface area contributed by atoms with Gasteiger partial charge in [0.2, 0.25) is 0 Å². The van der Waals surface area contributed by atoms with Gasteiger partial charge in [-0.2, -0.15) is 10.2 Å². The van der Waals surface area contributed by atoms with Gasteiger partial charge in [-0.25, -0.2) is 4.98 Å². The van der Waals surface area contributed by atoms with E-state index in [9.17, 15) is 0 Å². The summed E-state index contributed by atoms with van der Waals surface area (Å²) in [6, 6.07) is 1.81. The first-order chi connectivity index (χ1) is 7.29. The molecular weight excluding hydrogens is 212 g/mol. The molecule has 0 amide bonds. The fraction of sp³-hybridized carbons (Fsp3) is 0.300. The summed E-state index contributed by atoms with van der Waals surface area (Å²) in [7, 11) is 0. The normalized spacial score (nSPS) is 10.5. The molecule has 2 rings (SSSR count). The second-order valence-electron chi connectivity index (χ2n) is 3.19. The lowest BCUT2D eigenvalue weighted by atomic mass is 10.3. The zero-order valence-corrected chi connectivity index (χ0v) is 9.15. The van der Waals surface area contributed by atoms with Gasteiger partial charge in [0, 0.05) is 18.8 Å². The van der Waals surface area contributed by atoms with E-state index < -0.39 is 0 Å². The van der Waals surface area contributed by atoms with Crippen molar-refractivity contribution < 1.29 is 0 Å². The number of rotatable bonds is 3. The van der Waals surface area contributed by atoms with Crippen molar-refractivity contribution in [1.82, 2.24) is 19.7 Å². The number of aryl methyl sites for hydroxylation is 1. The Hall–Kier alpha value is -1.42. The molecule has 2 aromatic heterocycles. The second kappa shape index (κ2) is 4.40. The number of imidazole rings is 1. The van der Waals surface area contributed by atoms with Crippen molar-refractivity contribution in [3.63, 3.8) is 0 Å². The number of hydrogen-bond acceptors (Lipinski definition) is 3. The molecular formula is C10H11ClN4. The van der Waals surface area contributed by atoms with E-state index in [-0.39, 0.29) is 0 Å². The van der Waals surface area contributed by atoms with Gasteiger partial charge in [-0.1, -0.05) is 18.5 Å². The van der Waals surface area contributed by atoms with Crippen LogP contribution in [0, 0.1) is 0 Å². The number of halogens is 1. The van der Waals surface area contributed by atoms with Gasteiger partial charge in [-0.05, 0) is 6.07 Å². The lowest BCUT2D eigenvalue weighted by molar-refractivity contribution is 0.704. The third-order valence-corrected chi connectivity index (χ3v) is 2.33. The van der Waals surface area contributed by atoms with Crippen LogP contribution in [0.5, 0.6) is 0 Å². The Bertz CT molecular complexity index is 452. The van der Waals surface area contributed by atoms with Crippen LogP contribution >= 0.6 is 11.6 Å². The average Bonchev–Trinajstić information content (AvgIpc) is 2.65. The van der Waals surface area contributed by atoms with Crippen LogP contribution in [-0.2, 0) is 13.0 Å². The van der Waals surface area contributed by atoms with E-state index in [2.05, 4.69) is 22.1 Å². The third kappa shape index (κ3) is 2.33. The molecule has 0 aromatic carbocycles. The monoisotopic (exact) mass is 222 g/mol. The van der Waals surface area contributed by atoms with E-state index in [0.717, 1.165) is 17.9 Å². The molecule has 2 aromatic rings. The maximum Gasteiger partial charge on any atom is 0.108 e. The molecule has 0 saturated carbocycles. The fourth-order valence-corrected chi connectivity index (χ4v) is 1.60. The van der Waals surface area contributed by atoms with Crippen LogP contribution in [0.15, 0.2) is 24.7 Å². The van der Waals surface area contributed by atoms with Crippen molar-refractivity contribution in [2.75, 3.05) is 0 Å². The molecule has 0 aliphatic heterocycles. The van der Waals surface area contributed by atoms with Gasteiger partial charge in [-0.15, -0.1) is 0 Å². The van der Waals surface area contributed by atoms with Crippen LogP contribution < -0.4 is 0 Å². The highest BCUT2D eigenvalue weighted by Crippen LogP contribution is 2.08. The lowest BCUT2D eigenvalue weighted by Crippen LogP contribution is -2.05. The average molecular weight is 223 g/mol. The summed E-state index contributed by atoms with van der Waals surface area (Å²) in [5, 5.41) is 8.42. The second-order valence-corrected chi connectivity index (χ2v) is 3.63. The molecule has 0 atom stereocenters. The molecule has 0 spiro atoms. The summed E-state index contributed by atoms with van der Waals surface area (Å²) in [4.78, 5) is 4.24. The Balaban J connectivity index is 2.22. The van der Waals surface area contributed by atoms with Gasteiger partial charge < -0.3 is 4.57 Å². The van der Waals surface area contributed by atoms with Crippen LogP contribution in [0.4, 0.5) is 0 Å². The van der Waals surface area contributed by atoms with Gasteiger partial charge in [-0.3, -0.25) is 0 Å². The first-order valence-electron chi connectivity index (χ1n) is 4.76. The van der Waals surface area contributed by atoms with Gasteiger partial charge in [0.1, 0.15) is 5.82 Å². The van der Waals surface area contributed by atoms with E-state index in [1.54, 1.807) is 6.20 Å². The Morgan fingerprint density at radius 1 is 1.47 bits per heavy atom. The Labute approximate surface area is 92.9 Å². The van der Waals surface area contributed by atoms with Gasteiger partial charge in [0.05, 0.1) is 23.5 Å². The van der Waals surface area contributed by atoms with Crippen LogP contribution in [0.25, 0.3) is 0 Å². The lowest BCUT2D eigenvalue weighted by Gasteiger charge is -2.04. The zero-order valence-electron chi connectivity index (χ0n) is 8.39. The van der Waals surface area contributed by atoms with Crippen LogP contribution in [0.2, 0.25) is 5.02 Å². The molecule has 0 N–H and O–H groups in total. The summed E-state index contributed by atoms with van der Waals surface area (Å²) in [5.41, 5.74) is 0.843. The van der Waals surface area contributed by atoms with Gasteiger partial charge in [0.25, 0.3) is 0 Å². The number of aromatic nitrogens is 4. The third-order valence-electron chi connectivity index (χ3n) is 2.12. The van der Waals surface area contributed by atoms with Crippen molar-refractivity contribution in [3.05, 3.63) is 41.2 Å². The molecule has 78 valence electrons. The van der Waals surface area contributed by atoms with Gasteiger partial charge in [0.15, 0.2) is 0 Å². The van der Waals surface area contributed by atoms with E-state index in [1.165, 1.54) is 6.20 Å². The molecule has 0 aliphatic rings. The SMILES string of the molecule is CCc1nccn1Cc1cc(Cl)cnn1. The van der Waals surface area contributed by atoms with E-state index in [0.29, 0.717) is 11.6 Å². The molecule has 0 fully saturated rings. The van der Waals surface area contributed by atoms with Crippen molar-refractivity contribution in [2.45, 2.75) is 19.9 Å². The maximum atomic E-state index is 5.83. The first kappa shape index (κ1) is 10.1. The number of hydrogen-bond donors (Lipinski definition) is 0. The minimum absolute atomic E-state index is 0.609. The quantitative estimate of drug-likeness (QED) is 0.797. The van der Waals surface area contributed by atoms with Crippen molar-refractivity contribution in [2.24, 2.45) is 0 Å². The van der Waals surface area contributed by atoms with E-state index >= 15 is 0 Å². The van der Waals surface area contributed by atoms with Crippen LogP contribution in [0.3, 0.4) is 0 Å². The van der Waals surface area contributed by atoms with E-state index in [1.807, 2.05) is 16.8 Å². The van der Waals surface area contributed by atoms with Gasteiger partial charge >= 0.3 is 0 Å². The molecule has 2 heterocycles. The Morgan fingerprint density at radius 3 is 3.07 bits per heavy atom. The van der Waals surface area contributed by atoms with E-state index in [4.69, 9.17) is 11.6 Å². The van der Waals surface area contributed by atoms with Crippen LogP contribution in [0.1, 0.15) is 18.4 Å². The van der Waals surface area contributed by atoms with Crippen molar-refractivity contribution in [3.8, 4) is 0 Å². The maximum absolute atomic E-state index is 5.83. The minimum atomic E-state index is 0.609. The van der Waals surface area contributed by atoms with Crippen molar-refractivity contribution >= 4 is 11.6 Å². The molecule has 0 unspecified atom stereocenters. The van der Waals surface area contributed by atoms with Crippen LogP contribution in [-0.4, -0.2) is 19.7 Å². The first-order valence-corrected chi connectivity index (χ1v) is 5.14. The molecule has 15 heavy (non-hydrogen) atoms. The summed E-state index contributed by atoms with van der Waals surface area (Å²) >= 11 is 5.83. The molecule has 0 bridgehead atoms. The summed E-state index contributed by atoms with van der Waals surface area (Å²) in [6.07, 6.45) is 6.15. The fourth-order valence-electron chi connectivity index (χ4n) is 1.43. The Morgan fingerprint density at radius 2 is 2.33 bits per heavy atom. The predicted molar refractivity (Wildman–Crippen MR) is 57.7 cm³/mol.